The Morgan fingerprint density at radius 3 is 1.89 bits per heavy atom. The van der Waals surface area contributed by atoms with Crippen LogP contribution in [0.3, 0.4) is 0 Å². The molecule has 9 heteroatoms. The van der Waals surface area contributed by atoms with Crippen molar-refractivity contribution in [3.8, 4) is 11.5 Å². The summed E-state index contributed by atoms with van der Waals surface area (Å²) in [6, 6.07) is 3.69. The molecule has 2 N–H and O–H groups in total. The van der Waals surface area contributed by atoms with Crippen LogP contribution >= 0.6 is 0 Å². The van der Waals surface area contributed by atoms with Gasteiger partial charge in [-0.25, -0.2) is 0 Å². The van der Waals surface area contributed by atoms with Crippen molar-refractivity contribution in [2.24, 2.45) is 23.5 Å². The molecule has 0 radical (unpaired) electrons. The van der Waals surface area contributed by atoms with Gasteiger partial charge in [-0.2, -0.15) is 0 Å². The van der Waals surface area contributed by atoms with Gasteiger partial charge in [0.05, 0.1) is 17.8 Å². The minimum absolute atomic E-state index is 0.0850. The fraction of sp³-hybridized carbons (Fsp3) is 0.643. The first-order chi connectivity index (χ1) is 17.4. The molecule has 0 fully saturated rings. The van der Waals surface area contributed by atoms with E-state index in [4.69, 9.17) is 24.7 Å². The molecule has 3 unspecified atom stereocenters. The second kappa shape index (κ2) is 16.0. The van der Waals surface area contributed by atoms with Gasteiger partial charge in [-0.05, 0) is 50.3 Å². The summed E-state index contributed by atoms with van der Waals surface area (Å²) in [6.07, 6.45) is 2.27. The van der Waals surface area contributed by atoms with Gasteiger partial charge in [0.25, 0.3) is 0 Å². The number of esters is 4. The van der Waals surface area contributed by atoms with Gasteiger partial charge in [-0.3, -0.25) is 19.2 Å². The van der Waals surface area contributed by atoms with E-state index in [0.29, 0.717) is 18.4 Å². The minimum Gasteiger partial charge on any atom is -0.461 e. The number of hydrogen-bond donors (Lipinski definition) is 1. The van der Waals surface area contributed by atoms with Crippen molar-refractivity contribution >= 4 is 23.9 Å². The molecule has 1 rings (SSSR count). The van der Waals surface area contributed by atoms with Crippen LogP contribution in [-0.2, 0) is 35.1 Å². The number of nitrogens with two attached hydrogens (primary N) is 1. The normalized spacial score (nSPS) is 15.0. The lowest BCUT2D eigenvalue weighted by Crippen LogP contribution is -2.36. The molecule has 0 heterocycles. The highest BCUT2D eigenvalue weighted by Crippen LogP contribution is 2.31. The van der Waals surface area contributed by atoms with Gasteiger partial charge in [-0.15, -0.1) is 0 Å². The standard InChI is InChI=1S/C28H43NO8/c1-8-11-19(6)27(32)35-20(7)16-34-28(33)22(29)14-21-12-13-23(36-25(30)17(4)9-2)24(15-21)37-26(31)18(5)10-3/h12-13,15,17-20,22H,8-11,14,16,29H2,1-7H3/t17?,18?,19?,20-,22-/m0/s1. The fourth-order valence-corrected chi connectivity index (χ4v) is 3.14. The second-order valence-electron chi connectivity index (χ2n) is 9.62. The lowest BCUT2D eigenvalue weighted by atomic mass is 10.1. The number of ether oxygens (including phenoxy) is 4. The molecule has 0 spiro atoms. The van der Waals surface area contributed by atoms with E-state index in [2.05, 4.69) is 0 Å². The molecule has 0 aromatic heterocycles. The Morgan fingerprint density at radius 2 is 1.35 bits per heavy atom. The summed E-state index contributed by atoms with van der Waals surface area (Å²) >= 11 is 0. The number of hydrogen-bond acceptors (Lipinski definition) is 9. The molecule has 9 nitrogen and oxygen atoms in total. The first kappa shape index (κ1) is 32.1. The van der Waals surface area contributed by atoms with Gasteiger partial charge >= 0.3 is 23.9 Å². The van der Waals surface area contributed by atoms with Gasteiger partial charge in [-0.1, -0.05) is 54.0 Å². The zero-order valence-corrected chi connectivity index (χ0v) is 23.2. The molecule has 0 aliphatic heterocycles. The second-order valence-corrected chi connectivity index (χ2v) is 9.62. The van der Waals surface area contributed by atoms with Crippen molar-refractivity contribution in [3.05, 3.63) is 23.8 Å². The quantitative estimate of drug-likeness (QED) is 0.264. The van der Waals surface area contributed by atoms with Crippen molar-refractivity contribution in [1.29, 1.82) is 0 Å². The predicted molar refractivity (Wildman–Crippen MR) is 139 cm³/mol. The number of carbonyl (C=O) groups is 4. The van der Waals surface area contributed by atoms with Crippen LogP contribution in [0.1, 0.15) is 79.7 Å². The van der Waals surface area contributed by atoms with E-state index in [-0.39, 0.29) is 48.2 Å². The molecular weight excluding hydrogens is 478 g/mol. The van der Waals surface area contributed by atoms with Gasteiger partial charge in [0.1, 0.15) is 18.8 Å². The summed E-state index contributed by atoms with van der Waals surface area (Å²) in [5.74, 6) is -2.56. The van der Waals surface area contributed by atoms with Crippen molar-refractivity contribution in [2.75, 3.05) is 6.61 Å². The van der Waals surface area contributed by atoms with Crippen molar-refractivity contribution < 1.29 is 38.1 Å². The first-order valence-electron chi connectivity index (χ1n) is 13.1. The summed E-state index contributed by atoms with van der Waals surface area (Å²) in [5, 5.41) is 0. The number of benzene rings is 1. The molecule has 0 bridgehead atoms. The van der Waals surface area contributed by atoms with Gasteiger partial charge in [0, 0.05) is 0 Å². The smallest absolute Gasteiger partial charge is 0.323 e. The van der Waals surface area contributed by atoms with Crippen molar-refractivity contribution in [2.45, 2.75) is 92.7 Å². The Morgan fingerprint density at radius 1 is 0.784 bits per heavy atom. The monoisotopic (exact) mass is 521 g/mol. The Kier molecular flexibility index (Phi) is 13.9. The molecule has 1 aromatic carbocycles. The topological polar surface area (TPSA) is 131 Å². The SMILES string of the molecule is CCCC(C)C(=O)O[C@@H](C)COC(=O)[C@@H](N)Cc1ccc(OC(=O)C(C)CC)c(OC(=O)C(C)CC)c1. The fourth-order valence-electron chi connectivity index (χ4n) is 3.14. The third-order valence-corrected chi connectivity index (χ3v) is 6.12. The van der Waals surface area contributed by atoms with Crippen LogP contribution in [0, 0.1) is 17.8 Å². The van der Waals surface area contributed by atoms with E-state index in [1.807, 2.05) is 20.8 Å². The van der Waals surface area contributed by atoms with Crippen LogP contribution in [0.15, 0.2) is 18.2 Å². The maximum absolute atomic E-state index is 12.4. The third kappa shape index (κ3) is 10.9. The molecule has 5 atom stereocenters. The first-order valence-corrected chi connectivity index (χ1v) is 13.1. The summed E-state index contributed by atoms with van der Waals surface area (Å²) in [7, 11) is 0. The highest BCUT2D eigenvalue weighted by Gasteiger charge is 2.23. The molecule has 0 saturated heterocycles. The van der Waals surface area contributed by atoms with E-state index in [0.717, 1.165) is 12.8 Å². The highest BCUT2D eigenvalue weighted by atomic mass is 16.6. The van der Waals surface area contributed by atoms with E-state index in [1.165, 1.54) is 12.1 Å². The van der Waals surface area contributed by atoms with Crippen LogP contribution < -0.4 is 15.2 Å². The van der Waals surface area contributed by atoms with Gasteiger partial charge in [0.15, 0.2) is 11.5 Å². The van der Waals surface area contributed by atoms with Crippen molar-refractivity contribution in [3.63, 3.8) is 0 Å². The van der Waals surface area contributed by atoms with Gasteiger partial charge < -0.3 is 24.7 Å². The zero-order chi connectivity index (χ0) is 28.1. The lowest BCUT2D eigenvalue weighted by Gasteiger charge is -2.18. The summed E-state index contributed by atoms with van der Waals surface area (Å²) < 4.78 is 21.5. The zero-order valence-electron chi connectivity index (χ0n) is 23.2. The van der Waals surface area contributed by atoms with Crippen LogP contribution in [0.4, 0.5) is 0 Å². The Hall–Kier alpha value is -2.94. The Bertz CT molecular complexity index is 915. The number of rotatable bonds is 15. The highest BCUT2D eigenvalue weighted by molar-refractivity contribution is 5.79. The molecule has 37 heavy (non-hydrogen) atoms. The summed E-state index contributed by atoms with van der Waals surface area (Å²) in [6.45, 7) is 12.5. The summed E-state index contributed by atoms with van der Waals surface area (Å²) in [5.41, 5.74) is 6.64. The van der Waals surface area contributed by atoms with E-state index < -0.39 is 30.1 Å². The molecule has 0 aliphatic rings. The average Bonchev–Trinajstić information content (AvgIpc) is 2.87. The molecule has 208 valence electrons. The molecular formula is C28H43NO8. The van der Waals surface area contributed by atoms with Crippen LogP contribution in [-0.4, -0.2) is 42.6 Å². The maximum atomic E-state index is 12.4. The largest absolute Gasteiger partial charge is 0.461 e. The van der Waals surface area contributed by atoms with Crippen molar-refractivity contribution in [1.82, 2.24) is 0 Å². The third-order valence-electron chi connectivity index (χ3n) is 6.12. The van der Waals surface area contributed by atoms with E-state index >= 15 is 0 Å². The predicted octanol–water partition coefficient (Wildman–Crippen LogP) is 4.37. The van der Waals surface area contributed by atoms with E-state index in [1.54, 1.807) is 33.8 Å². The average molecular weight is 522 g/mol. The Balaban J connectivity index is 2.87. The lowest BCUT2D eigenvalue weighted by molar-refractivity contribution is -0.161. The van der Waals surface area contributed by atoms with Gasteiger partial charge in [0.2, 0.25) is 0 Å². The van der Waals surface area contributed by atoms with Crippen LogP contribution in [0.5, 0.6) is 11.5 Å². The summed E-state index contributed by atoms with van der Waals surface area (Å²) in [4.78, 5) is 49.2. The molecule has 0 aliphatic carbocycles. The molecule has 1 aromatic rings. The van der Waals surface area contributed by atoms with Crippen LogP contribution in [0.2, 0.25) is 0 Å². The Labute approximate surface area is 220 Å². The minimum atomic E-state index is -1.01. The van der Waals surface area contributed by atoms with E-state index in [9.17, 15) is 19.2 Å². The molecule has 0 amide bonds. The van der Waals surface area contributed by atoms with Crippen LogP contribution in [0.25, 0.3) is 0 Å². The number of carbonyl (C=O) groups excluding carboxylic acids is 4. The molecule has 0 saturated carbocycles. The maximum Gasteiger partial charge on any atom is 0.323 e.